The van der Waals surface area contributed by atoms with Crippen LogP contribution < -0.4 is 10.8 Å². The molecule has 23 heavy (non-hydrogen) atoms. The fourth-order valence-electron chi connectivity index (χ4n) is 1.96. The molecule has 1 aliphatic heterocycles. The van der Waals surface area contributed by atoms with Crippen molar-refractivity contribution in [3.05, 3.63) is 29.3 Å². The number of amidine groups is 1. The van der Waals surface area contributed by atoms with E-state index < -0.39 is 24.2 Å². The Morgan fingerprint density at radius 2 is 2.22 bits per heavy atom. The molecule has 0 aromatic heterocycles. The molecule has 1 aromatic carbocycles. The van der Waals surface area contributed by atoms with E-state index in [0.29, 0.717) is 16.6 Å². The first-order chi connectivity index (χ1) is 10.9. The van der Waals surface area contributed by atoms with Crippen molar-refractivity contribution in [1.29, 1.82) is 0 Å². The highest BCUT2D eigenvalue weighted by Crippen LogP contribution is 2.22. The molecule has 120 valence electrons. The third kappa shape index (κ3) is 4.65. The highest BCUT2D eigenvalue weighted by Gasteiger charge is 2.32. The summed E-state index contributed by atoms with van der Waals surface area (Å²) >= 11 is 1.02. The minimum atomic E-state index is -1.53. The van der Waals surface area contributed by atoms with Gasteiger partial charge in [0.15, 0.2) is 5.17 Å². The molecule has 2 rings (SSSR count). The molecule has 1 saturated heterocycles. The van der Waals surface area contributed by atoms with Crippen molar-refractivity contribution in [2.24, 2.45) is 10.2 Å². The van der Waals surface area contributed by atoms with Crippen LogP contribution in [0.5, 0.6) is 0 Å². The van der Waals surface area contributed by atoms with Crippen molar-refractivity contribution in [2.45, 2.75) is 18.6 Å². The first-order valence-corrected chi connectivity index (χ1v) is 7.52. The number of aryl methyl sites for hydroxylation is 1. The van der Waals surface area contributed by atoms with Gasteiger partial charge in [0.05, 0.1) is 12.6 Å². The van der Waals surface area contributed by atoms with Crippen molar-refractivity contribution < 1.29 is 24.7 Å². The predicted molar refractivity (Wildman–Crippen MR) is 87.8 cm³/mol. The quantitative estimate of drug-likeness (QED) is 0.312. The number of hydrogen-bond donors (Lipinski definition) is 4. The number of amides is 1. The maximum Gasteiger partial charge on any atom is 0.488 e. The van der Waals surface area contributed by atoms with E-state index in [-0.39, 0.29) is 11.6 Å². The zero-order valence-electron chi connectivity index (χ0n) is 12.1. The largest absolute Gasteiger partial charge is 0.488 e. The van der Waals surface area contributed by atoms with Crippen LogP contribution in [0.4, 0.5) is 0 Å². The number of hydrogen-bond acceptors (Lipinski definition) is 7. The Morgan fingerprint density at radius 3 is 2.83 bits per heavy atom. The van der Waals surface area contributed by atoms with Gasteiger partial charge >= 0.3 is 13.1 Å². The van der Waals surface area contributed by atoms with Crippen LogP contribution >= 0.6 is 11.8 Å². The number of rotatable bonds is 5. The number of carboxylic acid groups (broad SMARTS) is 1. The summed E-state index contributed by atoms with van der Waals surface area (Å²) in [7, 11) is -1.53. The first-order valence-electron chi connectivity index (χ1n) is 6.64. The molecule has 1 aliphatic rings. The average Bonchev–Trinajstić information content (AvgIpc) is 2.78. The van der Waals surface area contributed by atoms with Crippen LogP contribution in [0.15, 0.2) is 28.4 Å². The van der Waals surface area contributed by atoms with Gasteiger partial charge in [-0.05, 0) is 17.9 Å². The summed E-state index contributed by atoms with van der Waals surface area (Å²) < 4.78 is 0. The predicted octanol–water partition coefficient (Wildman–Crippen LogP) is -0.929. The van der Waals surface area contributed by atoms with Gasteiger partial charge in [0.2, 0.25) is 5.91 Å². The second kappa shape index (κ2) is 7.40. The molecule has 0 aliphatic carbocycles. The lowest BCUT2D eigenvalue weighted by atomic mass is 9.77. The lowest BCUT2D eigenvalue weighted by Crippen LogP contribution is -2.32. The summed E-state index contributed by atoms with van der Waals surface area (Å²) in [5, 5.41) is 36.7. The topological polar surface area (TPSA) is 132 Å². The molecule has 1 atom stereocenters. The maximum atomic E-state index is 11.5. The number of carbonyl (C=O) groups excluding carboxylic acids is 1. The molecule has 0 saturated carbocycles. The van der Waals surface area contributed by atoms with Gasteiger partial charge in [-0.3, -0.25) is 9.59 Å². The van der Waals surface area contributed by atoms with E-state index in [1.54, 1.807) is 25.1 Å². The molecule has 10 heteroatoms. The zero-order valence-corrected chi connectivity index (χ0v) is 12.9. The van der Waals surface area contributed by atoms with E-state index in [1.165, 1.54) is 6.21 Å². The lowest BCUT2D eigenvalue weighted by molar-refractivity contribution is -0.138. The molecule has 0 radical (unpaired) electrons. The van der Waals surface area contributed by atoms with E-state index in [4.69, 9.17) is 15.2 Å². The molecule has 1 unspecified atom stereocenters. The van der Waals surface area contributed by atoms with Gasteiger partial charge in [0, 0.05) is 0 Å². The van der Waals surface area contributed by atoms with Crippen LogP contribution in [0, 0.1) is 6.92 Å². The summed E-state index contributed by atoms with van der Waals surface area (Å²) in [6.07, 6.45) is 1.17. The zero-order chi connectivity index (χ0) is 17.0. The van der Waals surface area contributed by atoms with Crippen molar-refractivity contribution in [2.75, 3.05) is 0 Å². The molecule has 4 N–H and O–H groups in total. The lowest BCUT2D eigenvalue weighted by Gasteiger charge is -2.04. The number of carboxylic acids is 1. The van der Waals surface area contributed by atoms with Crippen molar-refractivity contribution in [3.8, 4) is 0 Å². The van der Waals surface area contributed by atoms with Gasteiger partial charge in [-0.1, -0.05) is 35.5 Å². The summed E-state index contributed by atoms with van der Waals surface area (Å²) in [5.74, 6) is -1.45. The molecule has 1 fully saturated rings. The first kappa shape index (κ1) is 17.2. The van der Waals surface area contributed by atoms with Crippen molar-refractivity contribution >= 4 is 47.6 Å². The number of nitrogens with zero attached hydrogens (tertiary/aromatic N) is 2. The number of aliphatic carboxylic acids is 1. The summed E-state index contributed by atoms with van der Waals surface area (Å²) in [6, 6.07) is 4.94. The standard InChI is InChI=1S/C13H14BN3O5S/c1-7-4-8(2-3-9(7)14(21)22)6-15-17-13-16-12(20)10(23-13)5-11(18)19/h2-4,6,10,21-22H,5H2,1H3,(H,18,19)(H,16,17,20). The minimum absolute atomic E-state index is 0.247. The van der Waals surface area contributed by atoms with Gasteiger partial charge in [-0.25, -0.2) is 0 Å². The Kier molecular flexibility index (Phi) is 5.53. The third-order valence-corrected chi connectivity index (χ3v) is 4.14. The SMILES string of the molecule is Cc1cc(C=NN=C2NC(=O)C(CC(=O)O)S2)ccc1B(O)O. The fourth-order valence-corrected chi connectivity index (χ4v) is 2.88. The van der Waals surface area contributed by atoms with Crippen LogP contribution in [-0.2, 0) is 9.59 Å². The average molecular weight is 335 g/mol. The Labute approximate surface area is 136 Å². The van der Waals surface area contributed by atoms with E-state index in [1.807, 2.05) is 0 Å². The smallest absolute Gasteiger partial charge is 0.481 e. The fraction of sp³-hybridized carbons (Fsp3) is 0.231. The highest BCUT2D eigenvalue weighted by atomic mass is 32.2. The maximum absolute atomic E-state index is 11.5. The van der Waals surface area contributed by atoms with E-state index in [0.717, 1.165) is 11.8 Å². The van der Waals surface area contributed by atoms with Gasteiger partial charge < -0.3 is 20.5 Å². The van der Waals surface area contributed by atoms with Gasteiger partial charge in [0.1, 0.15) is 5.25 Å². The van der Waals surface area contributed by atoms with Crippen LogP contribution in [0.1, 0.15) is 17.5 Å². The third-order valence-electron chi connectivity index (χ3n) is 3.06. The Morgan fingerprint density at radius 1 is 1.48 bits per heavy atom. The van der Waals surface area contributed by atoms with Crippen LogP contribution in [0.25, 0.3) is 0 Å². The van der Waals surface area contributed by atoms with Crippen molar-refractivity contribution in [1.82, 2.24) is 5.32 Å². The Bertz CT molecular complexity index is 692. The van der Waals surface area contributed by atoms with Gasteiger partial charge in [-0.2, -0.15) is 5.10 Å². The van der Waals surface area contributed by atoms with E-state index in [2.05, 4.69) is 15.5 Å². The molecule has 0 spiro atoms. The monoisotopic (exact) mass is 335 g/mol. The number of nitrogens with one attached hydrogen (secondary N) is 1. The number of thioether (sulfide) groups is 1. The molecule has 1 amide bonds. The van der Waals surface area contributed by atoms with E-state index in [9.17, 15) is 9.59 Å². The van der Waals surface area contributed by atoms with E-state index >= 15 is 0 Å². The molecule has 1 heterocycles. The van der Waals surface area contributed by atoms with Crippen LogP contribution in [0.3, 0.4) is 0 Å². The van der Waals surface area contributed by atoms with Gasteiger partial charge in [0.25, 0.3) is 0 Å². The number of carbonyl (C=O) groups is 2. The molecular formula is C13H14BN3O5S. The van der Waals surface area contributed by atoms with Crippen molar-refractivity contribution in [3.63, 3.8) is 0 Å². The minimum Gasteiger partial charge on any atom is -0.481 e. The van der Waals surface area contributed by atoms with Crippen LogP contribution in [-0.4, -0.2) is 50.8 Å². The highest BCUT2D eigenvalue weighted by molar-refractivity contribution is 8.15. The molecule has 8 nitrogen and oxygen atoms in total. The normalized spacial score (nSPS) is 19.3. The second-order valence-corrected chi connectivity index (χ2v) is 6.02. The molecule has 1 aromatic rings. The Hall–Kier alpha value is -2.17. The summed E-state index contributed by atoms with van der Waals surface area (Å²) in [5.41, 5.74) is 1.80. The molecular weight excluding hydrogens is 321 g/mol. The second-order valence-electron chi connectivity index (χ2n) is 4.83. The van der Waals surface area contributed by atoms with Gasteiger partial charge in [-0.15, -0.1) is 5.10 Å². The number of benzene rings is 1. The summed E-state index contributed by atoms with van der Waals surface area (Å²) in [4.78, 5) is 22.1. The Balaban J connectivity index is 2.03. The van der Waals surface area contributed by atoms with Crippen LogP contribution in [0.2, 0.25) is 0 Å². The summed E-state index contributed by atoms with van der Waals surface area (Å²) in [6.45, 7) is 1.74. The molecule has 0 bridgehead atoms.